The van der Waals surface area contributed by atoms with Gasteiger partial charge in [-0.3, -0.25) is 9.59 Å². The Labute approximate surface area is 189 Å². The maximum absolute atomic E-state index is 12.9. The molecular weight excluding hydrogens is 414 g/mol. The van der Waals surface area contributed by atoms with Gasteiger partial charge in [0.15, 0.2) is 0 Å². The first-order valence-corrected chi connectivity index (χ1v) is 10.5. The summed E-state index contributed by atoms with van der Waals surface area (Å²) >= 11 is 0. The topological polar surface area (TPSA) is 92.7 Å². The van der Waals surface area contributed by atoms with Crippen molar-refractivity contribution >= 4 is 22.4 Å². The van der Waals surface area contributed by atoms with Crippen LogP contribution in [-0.2, 0) is 0 Å². The van der Waals surface area contributed by atoms with Crippen molar-refractivity contribution in [3.05, 3.63) is 106 Å². The van der Waals surface area contributed by atoms with Crippen molar-refractivity contribution in [2.24, 2.45) is 0 Å². The van der Waals surface area contributed by atoms with E-state index >= 15 is 0 Å². The van der Waals surface area contributed by atoms with Crippen molar-refractivity contribution in [2.45, 2.75) is 13.8 Å². The number of carbonyl (C=O) groups excluding carboxylic acids is 1. The lowest BCUT2D eigenvalue weighted by molar-refractivity contribution is 0.102. The number of aromatic amines is 1. The minimum atomic E-state index is -0.227. The first-order valence-electron chi connectivity index (χ1n) is 10.5. The fourth-order valence-electron chi connectivity index (χ4n) is 3.99. The van der Waals surface area contributed by atoms with Crippen molar-refractivity contribution < 1.29 is 4.79 Å². The van der Waals surface area contributed by atoms with E-state index in [1.165, 1.54) is 0 Å². The normalized spacial score (nSPS) is 11.0. The average molecular weight is 435 g/mol. The zero-order valence-electron chi connectivity index (χ0n) is 18.2. The number of aryl methyl sites for hydroxylation is 1. The van der Waals surface area contributed by atoms with Gasteiger partial charge >= 0.3 is 0 Å². The van der Waals surface area contributed by atoms with Gasteiger partial charge in [0.2, 0.25) is 0 Å². The molecule has 0 unspecified atom stereocenters. The summed E-state index contributed by atoms with van der Waals surface area (Å²) in [6, 6.07) is 22.7. The number of aromatic nitrogens is 4. The van der Waals surface area contributed by atoms with Crippen LogP contribution in [0.4, 0.5) is 5.69 Å². The number of nitrogens with one attached hydrogen (secondary N) is 2. The van der Waals surface area contributed by atoms with Gasteiger partial charge in [-0.15, -0.1) is 0 Å². The number of H-pyrrole nitrogens is 1. The van der Waals surface area contributed by atoms with E-state index in [2.05, 4.69) is 20.6 Å². The third-order valence-electron chi connectivity index (χ3n) is 5.69. The second kappa shape index (κ2) is 8.20. The van der Waals surface area contributed by atoms with E-state index in [0.717, 1.165) is 27.9 Å². The molecule has 7 nitrogen and oxygen atoms in total. The van der Waals surface area contributed by atoms with Crippen molar-refractivity contribution in [3.63, 3.8) is 0 Å². The summed E-state index contributed by atoms with van der Waals surface area (Å²) in [5.74, 6) is -0.227. The monoisotopic (exact) mass is 435 g/mol. The van der Waals surface area contributed by atoms with Crippen LogP contribution >= 0.6 is 0 Å². The molecular formula is C26H21N5O2. The van der Waals surface area contributed by atoms with E-state index in [1.807, 2.05) is 80.6 Å². The molecule has 0 saturated carbocycles. The molecule has 0 atom stereocenters. The molecule has 0 bridgehead atoms. The van der Waals surface area contributed by atoms with E-state index in [9.17, 15) is 9.59 Å². The largest absolute Gasteiger partial charge is 0.322 e. The lowest BCUT2D eigenvalue weighted by Gasteiger charge is -2.11. The number of hydrogen-bond donors (Lipinski definition) is 2. The van der Waals surface area contributed by atoms with Crippen molar-refractivity contribution in [1.82, 2.24) is 20.0 Å². The highest BCUT2D eigenvalue weighted by molar-refractivity contribution is 6.05. The molecule has 7 heteroatoms. The number of fused-ring (bicyclic) bond motifs is 1. The molecule has 0 spiro atoms. The molecule has 0 aliphatic carbocycles. The van der Waals surface area contributed by atoms with Crippen molar-refractivity contribution in [3.8, 4) is 16.9 Å². The van der Waals surface area contributed by atoms with Crippen LogP contribution in [-0.4, -0.2) is 25.9 Å². The third-order valence-corrected chi connectivity index (χ3v) is 5.69. The van der Waals surface area contributed by atoms with Crippen molar-refractivity contribution in [2.75, 3.05) is 5.32 Å². The third kappa shape index (κ3) is 3.70. The van der Waals surface area contributed by atoms with E-state index in [0.29, 0.717) is 22.3 Å². The first kappa shape index (κ1) is 20.4. The number of para-hydroxylation sites is 1. The minimum Gasteiger partial charge on any atom is -0.322 e. The van der Waals surface area contributed by atoms with E-state index in [4.69, 9.17) is 0 Å². The van der Waals surface area contributed by atoms with Crippen LogP contribution in [0, 0.1) is 13.8 Å². The molecule has 162 valence electrons. The molecule has 33 heavy (non-hydrogen) atoms. The number of hydrogen-bond acceptors (Lipinski definition) is 4. The number of carbonyl (C=O) groups is 1. The predicted octanol–water partition coefficient (Wildman–Crippen LogP) is 4.64. The zero-order chi connectivity index (χ0) is 22.9. The second-order valence-electron chi connectivity index (χ2n) is 7.82. The van der Waals surface area contributed by atoms with Crippen LogP contribution in [0.3, 0.4) is 0 Å². The van der Waals surface area contributed by atoms with Crippen LogP contribution in [0.2, 0.25) is 0 Å². The van der Waals surface area contributed by atoms with Crippen LogP contribution in [0.1, 0.15) is 21.6 Å². The Balaban J connectivity index is 1.44. The number of benzene rings is 3. The van der Waals surface area contributed by atoms with Gasteiger partial charge in [-0.25, -0.2) is 9.78 Å². The predicted molar refractivity (Wildman–Crippen MR) is 129 cm³/mol. The molecule has 3 aromatic carbocycles. The highest BCUT2D eigenvalue weighted by atomic mass is 16.1. The smallest absolute Gasteiger partial charge is 0.272 e. The van der Waals surface area contributed by atoms with Crippen LogP contribution in [0.5, 0.6) is 0 Å². The Morgan fingerprint density at radius 2 is 1.67 bits per heavy atom. The molecule has 2 aromatic heterocycles. The lowest BCUT2D eigenvalue weighted by Crippen LogP contribution is -2.13. The van der Waals surface area contributed by atoms with Crippen LogP contribution in [0.25, 0.3) is 27.7 Å². The van der Waals surface area contributed by atoms with Gasteiger partial charge < -0.3 is 5.32 Å². The number of nitrogens with zero attached hydrogens (tertiary/aromatic N) is 3. The molecule has 5 aromatic rings. The Morgan fingerprint density at radius 3 is 2.42 bits per heavy atom. The summed E-state index contributed by atoms with van der Waals surface area (Å²) in [7, 11) is 0. The van der Waals surface area contributed by atoms with Gasteiger partial charge in [0.05, 0.1) is 34.2 Å². The molecule has 0 aliphatic heterocycles. The molecule has 0 saturated heterocycles. The van der Waals surface area contributed by atoms with Gasteiger partial charge in [-0.05, 0) is 49.7 Å². The molecule has 0 fully saturated rings. The fourth-order valence-corrected chi connectivity index (χ4v) is 3.99. The Morgan fingerprint density at radius 1 is 0.939 bits per heavy atom. The summed E-state index contributed by atoms with van der Waals surface area (Å²) in [6.45, 7) is 3.82. The molecule has 0 radical (unpaired) electrons. The minimum absolute atomic E-state index is 0.220. The maximum atomic E-state index is 12.9. The average Bonchev–Trinajstić information content (AvgIpc) is 3.22. The van der Waals surface area contributed by atoms with Crippen molar-refractivity contribution in [1.29, 1.82) is 0 Å². The van der Waals surface area contributed by atoms with E-state index in [-0.39, 0.29) is 11.5 Å². The highest BCUT2D eigenvalue weighted by Gasteiger charge is 2.16. The molecule has 2 N–H and O–H groups in total. The lowest BCUT2D eigenvalue weighted by atomic mass is 10.0. The number of anilines is 1. The summed E-state index contributed by atoms with van der Waals surface area (Å²) in [5, 5.41) is 15.6. The van der Waals surface area contributed by atoms with Gasteiger partial charge in [-0.2, -0.15) is 10.2 Å². The van der Waals surface area contributed by atoms with Gasteiger partial charge in [0, 0.05) is 16.6 Å². The van der Waals surface area contributed by atoms with E-state index in [1.54, 1.807) is 16.9 Å². The van der Waals surface area contributed by atoms with Gasteiger partial charge in [0.1, 0.15) is 0 Å². The Hall–Kier alpha value is -4.52. The highest BCUT2D eigenvalue weighted by Crippen LogP contribution is 2.29. The molecule has 0 aliphatic rings. The first-order chi connectivity index (χ1) is 16.0. The standard InChI is InChI=1S/C26H21N5O2/c1-16-14-18(12-13-20(16)24-21-10-6-7-11-22(21)26(33)30-29-24)28-25(32)23-15-27-31(17(23)2)19-8-4-3-5-9-19/h3-15H,1-2H3,(H,28,32)(H,30,33). The molecule has 2 heterocycles. The van der Waals surface area contributed by atoms with Gasteiger partial charge in [0.25, 0.3) is 11.5 Å². The molecule has 1 amide bonds. The SMILES string of the molecule is Cc1cc(NC(=O)c2cnn(-c3ccccc3)c2C)ccc1-c1n[nH]c(=O)c2ccccc12. The quantitative estimate of drug-likeness (QED) is 0.430. The Bertz CT molecular complexity index is 1550. The summed E-state index contributed by atoms with van der Waals surface area (Å²) in [5.41, 5.74) is 5.12. The Kier molecular flexibility index (Phi) is 5.06. The maximum Gasteiger partial charge on any atom is 0.272 e. The summed E-state index contributed by atoms with van der Waals surface area (Å²) < 4.78 is 1.75. The van der Waals surface area contributed by atoms with E-state index < -0.39 is 0 Å². The van der Waals surface area contributed by atoms with Gasteiger partial charge in [-0.1, -0.05) is 42.5 Å². The summed E-state index contributed by atoms with van der Waals surface area (Å²) in [6.07, 6.45) is 1.58. The zero-order valence-corrected chi connectivity index (χ0v) is 18.2. The van der Waals surface area contributed by atoms with Crippen LogP contribution < -0.4 is 10.9 Å². The number of rotatable bonds is 4. The fraction of sp³-hybridized carbons (Fsp3) is 0.0769. The van der Waals surface area contributed by atoms with Crippen LogP contribution in [0.15, 0.2) is 83.8 Å². The number of amides is 1. The molecule has 5 rings (SSSR count). The summed E-state index contributed by atoms with van der Waals surface area (Å²) in [4.78, 5) is 25.0. The second-order valence-corrected chi connectivity index (χ2v) is 7.82.